The van der Waals surface area contributed by atoms with E-state index in [-0.39, 0.29) is 11.9 Å². The van der Waals surface area contributed by atoms with Gasteiger partial charge in [0.1, 0.15) is 0 Å². The summed E-state index contributed by atoms with van der Waals surface area (Å²) in [5.74, 6) is 0.121. The summed E-state index contributed by atoms with van der Waals surface area (Å²) >= 11 is 0. The van der Waals surface area contributed by atoms with Crippen molar-refractivity contribution < 1.29 is 4.79 Å². The highest BCUT2D eigenvalue weighted by molar-refractivity contribution is 5.77. The van der Waals surface area contributed by atoms with Gasteiger partial charge in [-0.2, -0.15) is 0 Å². The van der Waals surface area contributed by atoms with Crippen LogP contribution in [0.3, 0.4) is 0 Å². The molecule has 0 radical (unpaired) electrons. The van der Waals surface area contributed by atoms with Crippen molar-refractivity contribution in [2.45, 2.75) is 44.8 Å². The molecule has 1 aliphatic carbocycles. The molecule has 0 aromatic carbocycles. The highest BCUT2D eigenvalue weighted by Crippen LogP contribution is 2.19. The molecular formula is C15H24N4O. The molecule has 1 fully saturated rings. The molecule has 1 aromatic heterocycles. The summed E-state index contributed by atoms with van der Waals surface area (Å²) in [5.41, 5.74) is 7.06. The number of nitrogens with zero attached hydrogens (tertiary/aromatic N) is 2. The lowest BCUT2D eigenvalue weighted by Crippen LogP contribution is -2.43. The van der Waals surface area contributed by atoms with Crippen LogP contribution in [-0.2, 0) is 11.3 Å². The molecule has 5 heteroatoms. The third-order valence-electron chi connectivity index (χ3n) is 3.69. The lowest BCUT2D eigenvalue weighted by Gasteiger charge is -2.29. The van der Waals surface area contributed by atoms with Crippen molar-refractivity contribution in [3.8, 4) is 0 Å². The Balaban J connectivity index is 1.90. The number of nitrogens with two attached hydrogens (primary N) is 1. The summed E-state index contributed by atoms with van der Waals surface area (Å²) in [5, 5.41) is 3.03. The SMILES string of the molecule is CCN(Cc1ccncc1)C(CN)CC(=O)NC1CC1. The zero-order chi connectivity index (χ0) is 14.4. The quantitative estimate of drug-likeness (QED) is 0.740. The molecule has 20 heavy (non-hydrogen) atoms. The van der Waals surface area contributed by atoms with Crippen LogP contribution in [0.4, 0.5) is 0 Å². The number of rotatable bonds is 8. The van der Waals surface area contributed by atoms with E-state index in [1.54, 1.807) is 12.4 Å². The number of hydrogen-bond acceptors (Lipinski definition) is 4. The number of carbonyl (C=O) groups excluding carboxylic acids is 1. The Morgan fingerprint density at radius 2 is 2.20 bits per heavy atom. The first kappa shape index (κ1) is 14.9. The zero-order valence-electron chi connectivity index (χ0n) is 12.1. The number of amides is 1. The highest BCUT2D eigenvalue weighted by atomic mass is 16.1. The molecule has 5 nitrogen and oxygen atoms in total. The molecule has 2 rings (SSSR count). The van der Waals surface area contributed by atoms with E-state index in [0.717, 1.165) is 25.9 Å². The summed E-state index contributed by atoms with van der Waals surface area (Å²) in [7, 11) is 0. The lowest BCUT2D eigenvalue weighted by molar-refractivity contribution is -0.122. The van der Waals surface area contributed by atoms with Crippen LogP contribution in [0.5, 0.6) is 0 Å². The second-order valence-electron chi connectivity index (χ2n) is 5.35. The van der Waals surface area contributed by atoms with Crippen LogP contribution in [0.1, 0.15) is 31.7 Å². The first-order valence-electron chi connectivity index (χ1n) is 7.35. The van der Waals surface area contributed by atoms with E-state index >= 15 is 0 Å². The molecule has 3 N–H and O–H groups in total. The normalized spacial score (nSPS) is 16.1. The maximum absolute atomic E-state index is 11.9. The number of likely N-dealkylation sites (N-methyl/N-ethyl adjacent to an activating group) is 1. The van der Waals surface area contributed by atoms with Gasteiger partial charge in [-0.1, -0.05) is 6.92 Å². The molecule has 0 saturated heterocycles. The van der Waals surface area contributed by atoms with Gasteiger partial charge in [0.25, 0.3) is 0 Å². The fourth-order valence-electron chi connectivity index (χ4n) is 2.31. The van der Waals surface area contributed by atoms with Gasteiger partial charge in [-0.15, -0.1) is 0 Å². The van der Waals surface area contributed by atoms with Gasteiger partial charge in [-0.25, -0.2) is 0 Å². The van der Waals surface area contributed by atoms with Gasteiger partial charge in [-0.05, 0) is 37.1 Å². The van der Waals surface area contributed by atoms with Crippen LogP contribution in [0.25, 0.3) is 0 Å². The second kappa shape index (κ2) is 7.36. The predicted octanol–water partition coefficient (Wildman–Crippen LogP) is 0.900. The Morgan fingerprint density at radius 3 is 2.75 bits per heavy atom. The summed E-state index contributed by atoms with van der Waals surface area (Å²) in [4.78, 5) is 18.2. The van der Waals surface area contributed by atoms with E-state index in [4.69, 9.17) is 5.73 Å². The van der Waals surface area contributed by atoms with Gasteiger partial charge in [-0.3, -0.25) is 14.7 Å². The standard InChI is InChI=1S/C15H24N4O/c1-2-19(11-12-5-7-17-8-6-12)14(10-16)9-15(20)18-13-3-4-13/h5-8,13-14H,2-4,9-11,16H2,1H3,(H,18,20). The lowest BCUT2D eigenvalue weighted by atomic mass is 10.1. The smallest absolute Gasteiger partial charge is 0.221 e. The molecule has 0 bridgehead atoms. The van der Waals surface area contributed by atoms with Crippen molar-refractivity contribution in [3.63, 3.8) is 0 Å². The number of carbonyl (C=O) groups is 1. The predicted molar refractivity (Wildman–Crippen MR) is 78.9 cm³/mol. The van der Waals surface area contributed by atoms with Crippen LogP contribution in [-0.4, -0.2) is 41.0 Å². The molecule has 1 aliphatic rings. The summed E-state index contributed by atoms with van der Waals surface area (Å²) in [6.45, 7) is 4.28. The van der Waals surface area contributed by atoms with Crippen LogP contribution in [0, 0.1) is 0 Å². The van der Waals surface area contributed by atoms with E-state index in [1.807, 2.05) is 12.1 Å². The number of hydrogen-bond donors (Lipinski definition) is 2. The summed E-state index contributed by atoms with van der Waals surface area (Å²) in [6, 6.07) is 4.50. The molecule has 1 saturated carbocycles. The van der Waals surface area contributed by atoms with Crippen LogP contribution in [0.15, 0.2) is 24.5 Å². The molecule has 1 aromatic rings. The average Bonchev–Trinajstić information content (AvgIpc) is 3.27. The van der Waals surface area contributed by atoms with Crippen LogP contribution >= 0.6 is 0 Å². The van der Waals surface area contributed by atoms with Gasteiger partial charge in [0, 0.05) is 44.0 Å². The van der Waals surface area contributed by atoms with E-state index in [1.165, 1.54) is 5.56 Å². The van der Waals surface area contributed by atoms with Gasteiger partial charge < -0.3 is 11.1 Å². The fraction of sp³-hybridized carbons (Fsp3) is 0.600. The van der Waals surface area contributed by atoms with Crippen molar-refractivity contribution in [1.29, 1.82) is 0 Å². The average molecular weight is 276 g/mol. The maximum atomic E-state index is 11.9. The monoisotopic (exact) mass is 276 g/mol. The van der Waals surface area contributed by atoms with Gasteiger partial charge in [0.15, 0.2) is 0 Å². The number of nitrogens with one attached hydrogen (secondary N) is 1. The summed E-state index contributed by atoms with van der Waals surface area (Å²) < 4.78 is 0. The van der Waals surface area contributed by atoms with Crippen molar-refractivity contribution in [2.75, 3.05) is 13.1 Å². The number of pyridine rings is 1. The van der Waals surface area contributed by atoms with E-state index in [9.17, 15) is 4.79 Å². The Labute approximate surface area is 120 Å². The Kier molecular flexibility index (Phi) is 5.49. The topological polar surface area (TPSA) is 71.2 Å². The molecule has 110 valence electrons. The molecule has 1 atom stereocenters. The van der Waals surface area contributed by atoms with Crippen molar-refractivity contribution in [1.82, 2.24) is 15.2 Å². The summed E-state index contributed by atoms with van der Waals surface area (Å²) in [6.07, 6.45) is 6.30. The minimum atomic E-state index is 0.0897. The third kappa shape index (κ3) is 4.58. The molecule has 1 amide bonds. The Morgan fingerprint density at radius 1 is 1.50 bits per heavy atom. The van der Waals surface area contributed by atoms with Crippen LogP contribution in [0.2, 0.25) is 0 Å². The molecule has 0 spiro atoms. The number of aromatic nitrogens is 1. The minimum absolute atomic E-state index is 0.0897. The first-order chi connectivity index (χ1) is 9.72. The largest absolute Gasteiger partial charge is 0.353 e. The zero-order valence-corrected chi connectivity index (χ0v) is 12.1. The van der Waals surface area contributed by atoms with Gasteiger partial charge >= 0.3 is 0 Å². The van der Waals surface area contributed by atoms with Gasteiger partial charge in [0.05, 0.1) is 0 Å². The minimum Gasteiger partial charge on any atom is -0.353 e. The van der Waals surface area contributed by atoms with Gasteiger partial charge in [0.2, 0.25) is 5.91 Å². The van der Waals surface area contributed by atoms with E-state index in [0.29, 0.717) is 19.0 Å². The van der Waals surface area contributed by atoms with E-state index in [2.05, 4.69) is 22.1 Å². The Bertz CT molecular complexity index is 419. The molecule has 0 aliphatic heterocycles. The highest BCUT2D eigenvalue weighted by Gasteiger charge is 2.25. The van der Waals surface area contributed by atoms with Crippen LogP contribution < -0.4 is 11.1 Å². The molecular weight excluding hydrogens is 252 g/mol. The third-order valence-corrected chi connectivity index (χ3v) is 3.69. The molecule has 1 heterocycles. The Hall–Kier alpha value is -1.46. The van der Waals surface area contributed by atoms with E-state index < -0.39 is 0 Å². The fourth-order valence-corrected chi connectivity index (χ4v) is 2.31. The molecule has 1 unspecified atom stereocenters. The maximum Gasteiger partial charge on any atom is 0.221 e. The second-order valence-corrected chi connectivity index (χ2v) is 5.35. The van der Waals surface area contributed by atoms with Crippen molar-refractivity contribution >= 4 is 5.91 Å². The first-order valence-corrected chi connectivity index (χ1v) is 7.35. The van der Waals surface area contributed by atoms with Crippen molar-refractivity contribution in [3.05, 3.63) is 30.1 Å². The van der Waals surface area contributed by atoms with Crippen molar-refractivity contribution in [2.24, 2.45) is 5.73 Å².